The van der Waals surface area contributed by atoms with Crippen LogP contribution in [0.25, 0.3) is 0 Å². The van der Waals surface area contributed by atoms with E-state index < -0.39 is 17.7 Å². The molecule has 0 bridgehead atoms. The Morgan fingerprint density at radius 3 is 2.57 bits per heavy atom. The van der Waals surface area contributed by atoms with Gasteiger partial charge in [0.2, 0.25) is 0 Å². The number of hydrogen-bond donors (Lipinski definition) is 0. The minimum Gasteiger partial charge on any atom is -0.364 e. The SMILES string of the molecule is C=CC[C@@]1(OCc2ccccc2)[C@@H](C=C)O[C@@H]2OC(C)(C)O[C@@H]21. The molecule has 0 radical (unpaired) electrons. The lowest BCUT2D eigenvalue weighted by molar-refractivity contribution is -0.231. The van der Waals surface area contributed by atoms with E-state index in [1.54, 1.807) is 6.08 Å². The highest BCUT2D eigenvalue weighted by Gasteiger charge is 2.63. The second-order valence-electron chi connectivity index (χ2n) is 6.44. The summed E-state index contributed by atoms with van der Waals surface area (Å²) in [5.74, 6) is -0.690. The van der Waals surface area contributed by atoms with Gasteiger partial charge in [-0.1, -0.05) is 42.5 Å². The van der Waals surface area contributed by atoms with E-state index in [4.69, 9.17) is 18.9 Å². The molecule has 0 saturated carbocycles. The highest BCUT2D eigenvalue weighted by atomic mass is 16.8. The highest BCUT2D eigenvalue weighted by Crippen LogP contribution is 2.47. The largest absolute Gasteiger partial charge is 0.364 e. The Morgan fingerprint density at radius 2 is 1.91 bits per heavy atom. The summed E-state index contributed by atoms with van der Waals surface area (Å²) in [5.41, 5.74) is 0.415. The molecular formula is C19H24O4. The monoisotopic (exact) mass is 316 g/mol. The van der Waals surface area contributed by atoms with Crippen molar-refractivity contribution in [1.29, 1.82) is 0 Å². The molecule has 2 aliphatic heterocycles. The van der Waals surface area contributed by atoms with Crippen LogP contribution < -0.4 is 0 Å². The molecule has 1 aromatic carbocycles. The maximum atomic E-state index is 6.36. The smallest absolute Gasteiger partial charge is 0.190 e. The van der Waals surface area contributed by atoms with E-state index in [0.717, 1.165) is 5.56 Å². The van der Waals surface area contributed by atoms with Gasteiger partial charge in [0.15, 0.2) is 12.1 Å². The lowest BCUT2D eigenvalue weighted by atomic mass is 9.88. The molecule has 0 aliphatic carbocycles. The van der Waals surface area contributed by atoms with Crippen LogP contribution in [-0.4, -0.2) is 29.9 Å². The van der Waals surface area contributed by atoms with Crippen LogP contribution in [0.5, 0.6) is 0 Å². The standard InChI is InChI=1S/C19H24O4/c1-5-12-19(20-13-14-10-8-7-9-11-14)15(6-2)21-17-16(19)22-18(3,4)23-17/h5-11,15-17H,1-2,12-13H2,3-4H3/t15-,16+,17-,19-/m1/s1. The summed E-state index contributed by atoms with van der Waals surface area (Å²) >= 11 is 0. The van der Waals surface area contributed by atoms with Gasteiger partial charge in [0.1, 0.15) is 17.8 Å². The first-order valence-corrected chi connectivity index (χ1v) is 7.93. The van der Waals surface area contributed by atoms with Crippen molar-refractivity contribution >= 4 is 0 Å². The normalized spacial score (nSPS) is 35.0. The summed E-state index contributed by atoms with van der Waals surface area (Å²) in [4.78, 5) is 0. The minimum atomic E-state index is -0.690. The number of fused-ring (bicyclic) bond motifs is 1. The van der Waals surface area contributed by atoms with E-state index in [0.29, 0.717) is 13.0 Å². The van der Waals surface area contributed by atoms with Crippen LogP contribution in [0.2, 0.25) is 0 Å². The molecular weight excluding hydrogens is 292 g/mol. The third-order valence-corrected chi connectivity index (χ3v) is 4.33. The van der Waals surface area contributed by atoms with E-state index >= 15 is 0 Å². The van der Waals surface area contributed by atoms with Gasteiger partial charge in [-0.05, 0) is 25.8 Å². The van der Waals surface area contributed by atoms with E-state index in [1.165, 1.54) is 0 Å². The first-order valence-electron chi connectivity index (χ1n) is 7.93. The predicted molar refractivity (Wildman–Crippen MR) is 87.7 cm³/mol. The quantitative estimate of drug-likeness (QED) is 0.752. The van der Waals surface area contributed by atoms with Crippen LogP contribution in [0, 0.1) is 0 Å². The fourth-order valence-electron chi connectivity index (χ4n) is 3.31. The van der Waals surface area contributed by atoms with Crippen molar-refractivity contribution in [3.63, 3.8) is 0 Å². The van der Waals surface area contributed by atoms with Crippen molar-refractivity contribution in [2.45, 2.75) is 56.8 Å². The Kier molecular flexibility index (Phi) is 4.43. The Bertz CT molecular complexity index is 568. The Labute approximate surface area is 137 Å². The number of ether oxygens (including phenoxy) is 4. The average molecular weight is 316 g/mol. The van der Waals surface area contributed by atoms with Gasteiger partial charge in [0.25, 0.3) is 0 Å². The molecule has 124 valence electrons. The molecule has 2 fully saturated rings. The second kappa shape index (κ2) is 6.21. The van der Waals surface area contributed by atoms with Gasteiger partial charge in [0.05, 0.1) is 6.61 Å². The fourth-order valence-corrected chi connectivity index (χ4v) is 3.31. The van der Waals surface area contributed by atoms with Gasteiger partial charge in [-0.3, -0.25) is 0 Å². The molecule has 2 aliphatic rings. The summed E-state index contributed by atoms with van der Waals surface area (Å²) in [7, 11) is 0. The Balaban J connectivity index is 1.87. The van der Waals surface area contributed by atoms with E-state index in [2.05, 4.69) is 13.2 Å². The van der Waals surface area contributed by atoms with Crippen molar-refractivity contribution in [2.24, 2.45) is 0 Å². The molecule has 3 rings (SSSR count). The van der Waals surface area contributed by atoms with Crippen molar-refractivity contribution in [2.75, 3.05) is 0 Å². The zero-order chi connectivity index (χ0) is 16.5. The molecule has 4 atom stereocenters. The highest BCUT2D eigenvalue weighted by molar-refractivity contribution is 5.17. The topological polar surface area (TPSA) is 36.9 Å². The van der Waals surface area contributed by atoms with E-state index in [9.17, 15) is 0 Å². The van der Waals surface area contributed by atoms with Gasteiger partial charge in [-0.25, -0.2) is 0 Å². The predicted octanol–water partition coefficient (Wildman–Crippen LogP) is 3.58. The molecule has 0 aromatic heterocycles. The first-order chi connectivity index (χ1) is 11.0. The summed E-state index contributed by atoms with van der Waals surface area (Å²) in [6.07, 6.45) is 3.10. The molecule has 0 unspecified atom stereocenters. The Morgan fingerprint density at radius 1 is 1.17 bits per heavy atom. The van der Waals surface area contributed by atoms with Crippen LogP contribution in [0.4, 0.5) is 0 Å². The second-order valence-corrected chi connectivity index (χ2v) is 6.44. The van der Waals surface area contributed by atoms with Gasteiger partial charge in [-0.15, -0.1) is 13.2 Å². The summed E-state index contributed by atoms with van der Waals surface area (Å²) in [5, 5.41) is 0. The molecule has 0 spiro atoms. The molecule has 23 heavy (non-hydrogen) atoms. The van der Waals surface area contributed by atoms with Gasteiger partial charge in [-0.2, -0.15) is 0 Å². The van der Waals surface area contributed by atoms with Crippen molar-refractivity contribution in [3.8, 4) is 0 Å². The Hall–Kier alpha value is -1.46. The van der Waals surface area contributed by atoms with Gasteiger partial charge < -0.3 is 18.9 Å². The van der Waals surface area contributed by atoms with Crippen molar-refractivity contribution in [1.82, 2.24) is 0 Å². The minimum absolute atomic E-state index is 0.310. The van der Waals surface area contributed by atoms with Crippen LogP contribution in [0.1, 0.15) is 25.8 Å². The maximum Gasteiger partial charge on any atom is 0.190 e. The summed E-state index contributed by atoms with van der Waals surface area (Å²) < 4.78 is 24.3. The lowest BCUT2D eigenvalue weighted by Gasteiger charge is -2.36. The number of rotatable bonds is 6. The van der Waals surface area contributed by atoms with Gasteiger partial charge in [0, 0.05) is 0 Å². The van der Waals surface area contributed by atoms with E-state index in [-0.39, 0.29) is 12.2 Å². The average Bonchev–Trinajstić information content (AvgIpc) is 2.98. The lowest BCUT2D eigenvalue weighted by Crippen LogP contribution is -2.50. The molecule has 1 aromatic rings. The third-order valence-electron chi connectivity index (χ3n) is 4.33. The third kappa shape index (κ3) is 3.00. The molecule has 2 saturated heterocycles. The van der Waals surface area contributed by atoms with Crippen molar-refractivity contribution < 1.29 is 18.9 Å². The van der Waals surface area contributed by atoms with Crippen LogP contribution in [0.15, 0.2) is 55.6 Å². The fraction of sp³-hybridized carbons (Fsp3) is 0.474. The molecule has 0 N–H and O–H groups in total. The van der Waals surface area contributed by atoms with Crippen LogP contribution in [-0.2, 0) is 25.6 Å². The molecule has 4 nitrogen and oxygen atoms in total. The number of benzene rings is 1. The molecule has 4 heteroatoms. The molecule has 0 amide bonds. The number of hydrogen-bond acceptors (Lipinski definition) is 4. The maximum absolute atomic E-state index is 6.36. The van der Waals surface area contributed by atoms with Crippen LogP contribution in [0.3, 0.4) is 0 Å². The molecule has 2 heterocycles. The van der Waals surface area contributed by atoms with Crippen LogP contribution >= 0.6 is 0 Å². The zero-order valence-electron chi connectivity index (χ0n) is 13.7. The van der Waals surface area contributed by atoms with Crippen molar-refractivity contribution in [3.05, 3.63) is 61.2 Å². The first kappa shape index (κ1) is 16.4. The summed E-state index contributed by atoms with van der Waals surface area (Å²) in [6, 6.07) is 10.1. The summed E-state index contributed by atoms with van der Waals surface area (Å²) in [6.45, 7) is 12.0. The zero-order valence-corrected chi connectivity index (χ0v) is 13.7. The van der Waals surface area contributed by atoms with E-state index in [1.807, 2.05) is 50.3 Å². The van der Waals surface area contributed by atoms with Gasteiger partial charge >= 0.3 is 0 Å².